The number of benzene rings is 1. The molecule has 0 saturated carbocycles. The topological polar surface area (TPSA) is 97.4 Å². The van der Waals surface area contributed by atoms with Crippen LogP contribution in [0.2, 0.25) is 0 Å². The van der Waals surface area contributed by atoms with E-state index in [0.717, 1.165) is 6.08 Å². The van der Waals surface area contributed by atoms with E-state index in [0.29, 0.717) is 5.75 Å². The van der Waals surface area contributed by atoms with E-state index in [9.17, 15) is 14.4 Å². The average molecular weight is 366 g/mol. The van der Waals surface area contributed by atoms with Gasteiger partial charge in [0.2, 0.25) is 5.75 Å². The van der Waals surface area contributed by atoms with E-state index in [1.165, 1.54) is 33.5 Å². The van der Waals surface area contributed by atoms with E-state index < -0.39 is 23.3 Å². The SMILES string of the molecule is CCOC(=O)C(=CC(=O)c1cc(OC)c(OC)c(OC)c1)C(=O)OCC. The first kappa shape index (κ1) is 21.0. The summed E-state index contributed by atoms with van der Waals surface area (Å²) in [6, 6.07) is 2.82. The molecular weight excluding hydrogens is 344 g/mol. The second kappa shape index (κ2) is 10.1. The van der Waals surface area contributed by atoms with Gasteiger partial charge in [0.15, 0.2) is 17.3 Å². The lowest BCUT2D eigenvalue weighted by Crippen LogP contribution is -2.19. The maximum atomic E-state index is 12.6. The van der Waals surface area contributed by atoms with Crippen molar-refractivity contribution in [1.29, 1.82) is 0 Å². The van der Waals surface area contributed by atoms with Crippen molar-refractivity contribution in [2.75, 3.05) is 34.5 Å². The van der Waals surface area contributed by atoms with Crippen LogP contribution in [0.5, 0.6) is 17.2 Å². The fourth-order valence-electron chi connectivity index (χ4n) is 2.06. The van der Waals surface area contributed by atoms with E-state index in [-0.39, 0.29) is 30.3 Å². The summed E-state index contributed by atoms with van der Waals surface area (Å²) in [6.07, 6.45) is 0.872. The molecule has 8 heteroatoms. The molecule has 0 spiro atoms. The molecule has 0 heterocycles. The van der Waals surface area contributed by atoms with Crippen LogP contribution < -0.4 is 14.2 Å². The minimum absolute atomic E-state index is 0.0496. The van der Waals surface area contributed by atoms with Gasteiger partial charge in [0, 0.05) is 11.6 Å². The third kappa shape index (κ3) is 4.98. The Kier molecular flexibility index (Phi) is 8.14. The molecule has 0 N–H and O–H groups in total. The second-order valence-corrected chi connectivity index (χ2v) is 4.78. The molecule has 0 aromatic heterocycles. The summed E-state index contributed by atoms with van der Waals surface area (Å²) < 4.78 is 25.2. The lowest BCUT2D eigenvalue weighted by molar-refractivity contribution is -0.146. The lowest BCUT2D eigenvalue weighted by Gasteiger charge is -2.13. The van der Waals surface area contributed by atoms with Gasteiger partial charge < -0.3 is 23.7 Å². The highest BCUT2D eigenvalue weighted by Crippen LogP contribution is 2.38. The molecule has 0 radical (unpaired) electrons. The van der Waals surface area contributed by atoms with E-state index in [4.69, 9.17) is 23.7 Å². The summed E-state index contributed by atoms with van der Waals surface area (Å²) in [5, 5.41) is 0. The van der Waals surface area contributed by atoms with Crippen molar-refractivity contribution in [3.8, 4) is 17.2 Å². The van der Waals surface area contributed by atoms with Crippen LogP contribution in [-0.4, -0.2) is 52.3 Å². The Morgan fingerprint density at radius 3 is 1.65 bits per heavy atom. The Morgan fingerprint density at radius 2 is 1.31 bits per heavy atom. The third-order valence-electron chi connectivity index (χ3n) is 3.22. The average Bonchev–Trinajstić information content (AvgIpc) is 2.64. The molecule has 1 aromatic carbocycles. The Morgan fingerprint density at radius 1 is 0.846 bits per heavy atom. The number of methoxy groups -OCH3 is 3. The Hall–Kier alpha value is -3.03. The van der Waals surface area contributed by atoms with Crippen molar-refractivity contribution in [2.24, 2.45) is 0 Å². The van der Waals surface area contributed by atoms with Gasteiger partial charge in [-0.15, -0.1) is 0 Å². The van der Waals surface area contributed by atoms with Gasteiger partial charge in [0.05, 0.1) is 34.5 Å². The number of allylic oxidation sites excluding steroid dienone is 1. The van der Waals surface area contributed by atoms with Gasteiger partial charge in [-0.05, 0) is 26.0 Å². The molecule has 1 aromatic rings. The molecule has 142 valence electrons. The zero-order valence-electron chi connectivity index (χ0n) is 15.4. The third-order valence-corrected chi connectivity index (χ3v) is 3.22. The van der Waals surface area contributed by atoms with Crippen LogP contribution in [0.3, 0.4) is 0 Å². The Balaban J connectivity index is 3.36. The predicted molar refractivity (Wildman–Crippen MR) is 91.8 cm³/mol. The molecule has 0 aliphatic heterocycles. The minimum Gasteiger partial charge on any atom is -0.493 e. The van der Waals surface area contributed by atoms with Crippen LogP contribution in [0.25, 0.3) is 0 Å². The minimum atomic E-state index is -0.938. The highest BCUT2D eigenvalue weighted by atomic mass is 16.6. The van der Waals surface area contributed by atoms with Crippen LogP contribution in [0.4, 0.5) is 0 Å². The van der Waals surface area contributed by atoms with Crippen molar-refractivity contribution < 1.29 is 38.1 Å². The van der Waals surface area contributed by atoms with Gasteiger partial charge in [0.25, 0.3) is 0 Å². The first-order valence-electron chi connectivity index (χ1n) is 7.83. The Labute approximate surface area is 151 Å². The van der Waals surface area contributed by atoms with E-state index in [1.807, 2.05) is 0 Å². The van der Waals surface area contributed by atoms with Crippen molar-refractivity contribution >= 4 is 17.7 Å². The number of hydrogen-bond acceptors (Lipinski definition) is 8. The van der Waals surface area contributed by atoms with Crippen LogP contribution >= 0.6 is 0 Å². The van der Waals surface area contributed by atoms with Gasteiger partial charge in [-0.1, -0.05) is 0 Å². The van der Waals surface area contributed by atoms with Gasteiger partial charge in [-0.25, -0.2) is 9.59 Å². The molecule has 0 saturated heterocycles. The number of esters is 2. The van der Waals surface area contributed by atoms with Gasteiger partial charge in [-0.2, -0.15) is 0 Å². The number of ketones is 1. The fraction of sp³-hybridized carbons (Fsp3) is 0.389. The summed E-state index contributed by atoms with van der Waals surface area (Å²) in [4.78, 5) is 36.5. The van der Waals surface area contributed by atoms with Gasteiger partial charge in [0.1, 0.15) is 5.57 Å². The maximum Gasteiger partial charge on any atom is 0.345 e. The summed E-state index contributed by atoms with van der Waals surface area (Å²) in [5.41, 5.74) is -0.363. The molecular formula is C18H22O8. The van der Waals surface area contributed by atoms with Gasteiger partial charge in [-0.3, -0.25) is 4.79 Å². The number of carbonyl (C=O) groups excluding carboxylic acids is 3. The second-order valence-electron chi connectivity index (χ2n) is 4.78. The van der Waals surface area contributed by atoms with Crippen molar-refractivity contribution in [1.82, 2.24) is 0 Å². The quantitative estimate of drug-likeness (QED) is 0.215. The molecule has 0 aliphatic carbocycles. The standard InChI is InChI=1S/C18H22O8/c1-6-25-17(20)12(18(21)26-7-2)10-13(19)11-8-14(22-3)16(24-5)15(9-11)23-4/h8-10H,6-7H2,1-5H3. The maximum absolute atomic E-state index is 12.6. The molecule has 0 fully saturated rings. The fourth-order valence-corrected chi connectivity index (χ4v) is 2.06. The summed E-state index contributed by atoms with van der Waals surface area (Å²) in [6.45, 7) is 3.27. The van der Waals surface area contributed by atoms with Crippen molar-refractivity contribution in [2.45, 2.75) is 13.8 Å². The van der Waals surface area contributed by atoms with E-state index in [2.05, 4.69) is 0 Å². The normalized spacial score (nSPS) is 9.73. The smallest absolute Gasteiger partial charge is 0.345 e. The summed E-state index contributed by atoms with van der Waals surface area (Å²) in [7, 11) is 4.25. The van der Waals surface area contributed by atoms with E-state index >= 15 is 0 Å². The highest BCUT2D eigenvalue weighted by molar-refractivity contribution is 6.20. The first-order chi connectivity index (χ1) is 12.4. The molecule has 26 heavy (non-hydrogen) atoms. The number of rotatable bonds is 9. The van der Waals surface area contributed by atoms with Gasteiger partial charge >= 0.3 is 11.9 Å². The largest absolute Gasteiger partial charge is 0.493 e. The summed E-state index contributed by atoms with van der Waals surface area (Å²) in [5.74, 6) is -1.67. The zero-order chi connectivity index (χ0) is 19.7. The Bertz CT molecular complexity index is 660. The number of carbonyl (C=O) groups is 3. The lowest BCUT2D eigenvalue weighted by atomic mass is 10.1. The monoisotopic (exact) mass is 366 g/mol. The molecule has 0 aliphatic rings. The van der Waals surface area contributed by atoms with Crippen LogP contribution in [0.15, 0.2) is 23.8 Å². The molecule has 0 amide bonds. The molecule has 0 unspecified atom stereocenters. The zero-order valence-corrected chi connectivity index (χ0v) is 15.4. The molecule has 0 bridgehead atoms. The first-order valence-corrected chi connectivity index (χ1v) is 7.83. The number of ether oxygens (including phenoxy) is 5. The predicted octanol–water partition coefficient (Wildman–Crippen LogP) is 1.95. The van der Waals surface area contributed by atoms with Crippen LogP contribution in [0, 0.1) is 0 Å². The van der Waals surface area contributed by atoms with Crippen LogP contribution in [0.1, 0.15) is 24.2 Å². The van der Waals surface area contributed by atoms with Crippen molar-refractivity contribution in [3.63, 3.8) is 0 Å². The van der Waals surface area contributed by atoms with Crippen molar-refractivity contribution in [3.05, 3.63) is 29.3 Å². The highest BCUT2D eigenvalue weighted by Gasteiger charge is 2.24. The molecule has 8 nitrogen and oxygen atoms in total. The summed E-state index contributed by atoms with van der Waals surface area (Å²) >= 11 is 0. The van der Waals surface area contributed by atoms with E-state index in [1.54, 1.807) is 13.8 Å². The number of hydrogen-bond donors (Lipinski definition) is 0. The molecule has 1 rings (SSSR count). The van der Waals surface area contributed by atoms with Crippen LogP contribution in [-0.2, 0) is 19.1 Å². The molecule has 0 atom stereocenters.